The van der Waals surface area contributed by atoms with E-state index in [9.17, 15) is 22.8 Å². The van der Waals surface area contributed by atoms with Crippen molar-refractivity contribution in [3.05, 3.63) is 64.2 Å². The summed E-state index contributed by atoms with van der Waals surface area (Å²) in [5.41, 5.74) is -0.425. The van der Waals surface area contributed by atoms with Gasteiger partial charge in [0.25, 0.3) is 5.24 Å². The van der Waals surface area contributed by atoms with Crippen LogP contribution in [0.5, 0.6) is 0 Å². The van der Waals surface area contributed by atoms with E-state index in [1.165, 1.54) is 30.3 Å². The van der Waals surface area contributed by atoms with Crippen LogP contribution in [0.15, 0.2) is 42.5 Å². The van der Waals surface area contributed by atoms with Gasteiger partial charge in [0.05, 0.1) is 16.3 Å². The minimum Gasteiger partial charge on any atom is -0.478 e. The molecule has 0 aromatic heterocycles. The topological polar surface area (TPSA) is 66.4 Å². The van der Waals surface area contributed by atoms with Crippen molar-refractivity contribution in [3.8, 4) is 0 Å². The molecule has 0 aliphatic heterocycles. The molecular weight excluding hydrogens is 379 g/mol. The normalized spacial score (nSPS) is 11.2. The Bertz CT molecular complexity index is 794. The highest BCUT2D eigenvalue weighted by atomic mass is 35.5. The molecule has 25 heavy (non-hydrogen) atoms. The number of rotatable bonds is 4. The van der Waals surface area contributed by atoms with Gasteiger partial charge in [0.2, 0.25) is 0 Å². The number of carboxylic acids is 1. The zero-order valence-electron chi connectivity index (χ0n) is 12.4. The highest BCUT2D eigenvalue weighted by molar-refractivity contribution is 8.13. The van der Waals surface area contributed by atoms with Crippen LogP contribution >= 0.6 is 23.4 Å². The molecule has 0 saturated carbocycles. The fourth-order valence-corrected chi connectivity index (χ4v) is 2.86. The molecule has 2 aromatic carbocycles. The fraction of sp³-hybridized carbons (Fsp3) is 0.125. The lowest BCUT2D eigenvalue weighted by molar-refractivity contribution is -0.137. The molecule has 4 nitrogen and oxygen atoms in total. The van der Waals surface area contributed by atoms with Gasteiger partial charge in [-0.1, -0.05) is 41.6 Å². The molecule has 2 aromatic rings. The van der Waals surface area contributed by atoms with Gasteiger partial charge in [-0.2, -0.15) is 13.2 Å². The Labute approximate surface area is 150 Å². The molecule has 0 radical (unpaired) electrons. The number of halogens is 4. The summed E-state index contributed by atoms with van der Waals surface area (Å²) in [7, 11) is 0. The molecule has 0 atom stereocenters. The first-order valence-corrected chi connectivity index (χ1v) is 8.16. The average Bonchev–Trinajstić information content (AvgIpc) is 2.52. The third-order valence-corrected chi connectivity index (χ3v) is 4.27. The Morgan fingerprint density at radius 2 is 1.76 bits per heavy atom. The number of carboxylic acid groups (broad SMARTS) is 1. The third kappa shape index (κ3) is 5.14. The van der Waals surface area contributed by atoms with Crippen molar-refractivity contribution in [2.75, 3.05) is 5.32 Å². The molecule has 1 amide bonds. The molecule has 9 heteroatoms. The Kier molecular flexibility index (Phi) is 5.97. The zero-order chi connectivity index (χ0) is 18.6. The second-order valence-corrected chi connectivity index (χ2v) is 6.22. The van der Waals surface area contributed by atoms with Crippen LogP contribution in [0, 0.1) is 0 Å². The standard InChI is InChI=1S/C16H11ClF3NO3S/c17-11-2-1-3-12(13(11)14(22)23)21-15(24)25-8-9-4-6-10(7-5-9)16(18,19)20/h1-7H,8H2,(H,21,24)(H,22,23). The molecule has 2 rings (SSSR count). The van der Waals surface area contributed by atoms with Crippen LogP contribution in [0.1, 0.15) is 21.5 Å². The predicted octanol–water partition coefficient (Wildman–Crippen LogP) is 5.52. The van der Waals surface area contributed by atoms with E-state index in [1.807, 2.05) is 0 Å². The van der Waals surface area contributed by atoms with Crippen LogP contribution in [-0.4, -0.2) is 16.3 Å². The van der Waals surface area contributed by atoms with Gasteiger partial charge >= 0.3 is 12.1 Å². The van der Waals surface area contributed by atoms with Crippen molar-refractivity contribution in [1.29, 1.82) is 0 Å². The molecule has 132 valence electrons. The maximum Gasteiger partial charge on any atom is 0.416 e. The Morgan fingerprint density at radius 1 is 1.12 bits per heavy atom. The highest BCUT2D eigenvalue weighted by Gasteiger charge is 2.29. The minimum absolute atomic E-state index is 0.0157. The molecule has 0 fully saturated rings. The van der Waals surface area contributed by atoms with E-state index in [0.717, 1.165) is 23.9 Å². The van der Waals surface area contributed by atoms with Crippen LogP contribution in [0.25, 0.3) is 0 Å². The van der Waals surface area contributed by atoms with Gasteiger partial charge in [0.1, 0.15) is 5.56 Å². The molecular formula is C16H11ClF3NO3S. The molecule has 0 aliphatic carbocycles. The second kappa shape index (κ2) is 7.79. The quantitative estimate of drug-likeness (QED) is 0.722. The van der Waals surface area contributed by atoms with Crippen LogP contribution < -0.4 is 5.32 Å². The van der Waals surface area contributed by atoms with Gasteiger partial charge in [-0.3, -0.25) is 4.79 Å². The maximum atomic E-state index is 12.5. The zero-order valence-corrected chi connectivity index (χ0v) is 14.0. The summed E-state index contributed by atoms with van der Waals surface area (Å²) < 4.78 is 37.5. The van der Waals surface area contributed by atoms with E-state index < -0.39 is 22.9 Å². The minimum atomic E-state index is -4.41. The molecule has 0 saturated heterocycles. The lowest BCUT2D eigenvalue weighted by Gasteiger charge is -2.10. The van der Waals surface area contributed by atoms with Crippen LogP contribution in [0.4, 0.5) is 23.7 Å². The summed E-state index contributed by atoms with van der Waals surface area (Å²) in [5, 5.41) is 11.0. The van der Waals surface area contributed by atoms with Crippen molar-refractivity contribution in [2.45, 2.75) is 11.9 Å². The maximum absolute atomic E-state index is 12.5. The Hall–Kier alpha value is -2.19. The predicted molar refractivity (Wildman–Crippen MR) is 90.2 cm³/mol. The molecule has 2 N–H and O–H groups in total. The average molecular weight is 390 g/mol. The smallest absolute Gasteiger partial charge is 0.416 e. The number of carbonyl (C=O) groups is 2. The number of benzene rings is 2. The summed E-state index contributed by atoms with van der Waals surface area (Å²) in [5.74, 6) is -1.15. The van der Waals surface area contributed by atoms with E-state index in [1.54, 1.807) is 0 Å². The molecule has 0 spiro atoms. The van der Waals surface area contributed by atoms with E-state index in [-0.39, 0.29) is 22.0 Å². The molecule has 0 unspecified atom stereocenters. The van der Waals surface area contributed by atoms with E-state index in [2.05, 4.69) is 5.32 Å². The number of thioether (sulfide) groups is 1. The van der Waals surface area contributed by atoms with Crippen molar-refractivity contribution < 1.29 is 27.9 Å². The fourth-order valence-electron chi connectivity index (χ4n) is 1.93. The number of amides is 1. The first-order valence-electron chi connectivity index (χ1n) is 6.80. The summed E-state index contributed by atoms with van der Waals surface area (Å²) in [6.07, 6.45) is -4.41. The van der Waals surface area contributed by atoms with Gasteiger partial charge in [0, 0.05) is 5.75 Å². The number of hydrogen-bond acceptors (Lipinski definition) is 3. The largest absolute Gasteiger partial charge is 0.478 e. The summed E-state index contributed by atoms with van der Waals surface area (Å²) in [6.45, 7) is 0. The van der Waals surface area contributed by atoms with Gasteiger partial charge in [-0.25, -0.2) is 4.79 Å². The van der Waals surface area contributed by atoms with Crippen LogP contribution in [0.2, 0.25) is 5.02 Å². The highest BCUT2D eigenvalue weighted by Crippen LogP contribution is 2.30. The number of hydrogen-bond donors (Lipinski definition) is 2. The van der Waals surface area contributed by atoms with Crippen molar-refractivity contribution in [3.63, 3.8) is 0 Å². The monoisotopic (exact) mass is 389 g/mol. The summed E-state index contributed by atoms with van der Waals surface area (Å²) in [6, 6.07) is 8.71. The first kappa shape index (κ1) is 19.1. The van der Waals surface area contributed by atoms with Crippen LogP contribution in [-0.2, 0) is 11.9 Å². The SMILES string of the molecule is O=C(Nc1cccc(Cl)c1C(=O)O)SCc1ccc(C(F)(F)F)cc1. The van der Waals surface area contributed by atoms with E-state index in [4.69, 9.17) is 16.7 Å². The Balaban J connectivity index is 2.00. The molecule has 0 aliphatic rings. The Morgan fingerprint density at radius 3 is 2.32 bits per heavy atom. The number of alkyl halides is 3. The summed E-state index contributed by atoms with van der Waals surface area (Å²) >= 11 is 6.60. The summed E-state index contributed by atoms with van der Waals surface area (Å²) in [4.78, 5) is 23.1. The van der Waals surface area contributed by atoms with E-state index in [0.29, 0.717) is 5.56 Å². The van der Waals surface area contributed by atoms with Gasteiger partial charge in [-0.15, -0.1) is 0 Å². The third-order valence-electron chi connectivity index (χ3n) is 3.12. The number of carbonyl (C=O) groups excluding carboxylic acids is 1. The number of anilines is 1. The number of nitrogens with one attached hydrogen (secondary N) is 1. The second-order valence-electron chi connectivity index (χ2n) is 4.86. The van der Waals surface area contributed by atoms with Gasteiger partial charge in [-0.05, 0) is 29.8 Å². The molecule has 0 heterocycles. The number of aromatic carboxylic acids is 1. The van der Waals surface area contributed by atoms with Crippen molar-refractivity contribution >= 4 is 40.3 Å². The van der Waals surface area contributed by atoms with Gasteiger partial charge in [0.15, 0.2) is 0 Å². The lowest BCUT2D eigenvalue weighted by atomic mass is 10.1. The molecule has 0 bridgehead atoms. The lowest BCUT2D eigenvalue weighted by Crippen LogP contribution is -2.10. The van der Waals surface area contributed by atoms with Crippen molar-refractivity contribution in [2.24, 2.45) is 0 Å². The van der Waals surface area contributed by atoms with Crippen molar-refractivity contribution in [1.82, 2.24) is 0 Å². The first-order chi connectivity index (χ1) is 11.7. The van der Waals surface area contributed by atoms with Gasteiger partial charge < -0.3 is 10.4 Å². The van der Waals surface area contributed by atoms with E-state index >= 15 is 0 Å². The van der Waals surface area contributed by atoms with Crippen LogP contribution in [0.3, 0.4) is 0 Å².